The van der Waals surface area contributed by atoms with Gasteiger partial charge in [0.15, 0.2) is 5.96 Å². The quantitative estimate of drug-likeness (QED) is 0.807. The van der Waals surface area contributed by atoms with Crippen LogP contribution in [0.1, 0.15) is 12.0 Å². The predicted octanol–water partition coefficient (Wildman–Crippen LogP) is 1.82. The largest absolute Gasteiger partial charge is 0.379 e. The molecule has 1 aromatic rings. The van der Waals surface area contributed by atoms with Gasteiger partial charge in [0.1, 0.15) is 11.4 Å². The number of amides is 1. The van der Waals surface area contributed by atoms with Gasteiger partial charge in [-0.25, -0.2) is 4.39 Å². The molecule has 2 atom stereocenters. The molecule has 2 aliphatic heterocycles. The maximum Gasteiger partial charge on any atom is 0.235 e. The number of carbonyl (C=O) groups excluding carboxylic acids is 1. The Labute approximate surface area is 130 Å². The van der Waals surface area contributed by atoms with E-state index in [1.807, 2.05) is 0 Å². The van der Waals surface area contributed by atoms with Crippen molar-refractivity contribution in [3.63, 3.8) is 0 Å². The van der Waals surface area contributed by atoms with Gasteiger partial charge in [-0.2, -0.15) is 0 Å². The van der Waals surface area contributed by atoms with Crippen LogP contribution in [-0.2, 0) is 15.1 Å². The van der Waals surface area contributed by atoms with Gasteiger partial charge in [0.25, 0.3) is 0 Å². The van der Waals surface area contributed by atoms with Crippen LogP contribution in [0.25, 0.3) is 0 Å². The average Bonchev–Trinajstić information content (AvgIpc) is 2.47. The maximum absolute atomic E-state index is 14.4. The Morgan fingerprint density at radius 3 is 3.10 bits per heavy atom. The molecule has 1 amide bonds. The molecule has 0 saturated carbocycles. The SMILES string of the molecule is CN1C(=N)N[C@@]2(c3cc(Br)ccc3F)COCCC2C1=O. The molecule has 0 radical (unpaired) electrons. The third-order valence-corrected chi connectivity index (χ3v) is 4.68. The van der Waals surface area contributed by atoms with Gasteiger partial charge in [-0.05, 0) is 24.6 Å². The lowest BCUT2D eigenvalue weighted by atomic mass is 9.73. The van der Waals surface area contributed by atoms with Crippen LogP contribution in [0.4, 0.5) is 4.39 Å². The summed E-state index contributed by atoms with van der Waals surface area (Å²) in [7, 11) is 1.55. The second kappa shape index (κ2) is 5.06. The first kappa shape index (κ1) is 14.5. The molecule has 2 fully saturated rings. The molecule has 1 aromatic carbocycles. The molecule has 7 heteroatoms. The fraction of sp³-hybridized carbons (Fsp3) is 0.429. The Morgan fingerprint density at radius 1 is 1.57 bits per heavy atom. The van der Waals surface area contributed by atoms with E-state index >= 15 is 0 Å². The number of nitrogens with one attached hydrogen (secondary N) is 2. The normalized spacial score (nSPS) is 29.1. The van der Waals surface area contributed by atoms with Crippen molar-refractivity contribution in [2.24, 2.45) is 5.92 Å². The number of fused-ring (bicyclic) bond motifs is 1. The predicted molar refractivity (Wildman–Crippen MR) is 78.3 cm³/mol. The highest BCUT2D eigenvalue weighted by Gasteiger charge is 2.53. The smallest absolute Gasteiger partial charge is 0.235 e. The topological polar surface area (TPSA) is 65.4 Å². The molecular weight excluding hydrogens is 341 g/mol. The maximum atomic E-state index is 14.4. The van der Waals surface area contributed by atoms with Crippen LogP contribution in [0.5, 0.6) is 0 Å². The van der Waals surface area contributed by atoms with Gasteiger partial charge in [0.05, 0.1) is 12.5 Å². The zero-order chi connectivity index (χ0) is 15.2. The van der Waals surface area contributed by atoms with Crippen LogP contribution in [0.15, 0.2) is 22.7 Å². The van der Waals surface area contributed by atoms with E-state index in [9.17, 15) is 9.18 Å². The van der Waals surface area contributed by atoms with E-state index in [1.54, 1.807) is 19.2 Å². The molecule has 0 spiro atoms. The minimum atomic E-state index is -1.02. The number of hydrogen-bond acceptors (Lipinski definition) is 3. The Hall–Kier alpha value is -1.47. The molecule has 2 N–H and O–H groups in total. The summed E-state index contributed by atoms with van der Waals surface area (Å²) in [5.74, 6) is -1.08. The molecule has 21 heavy (non-hydrogen) atoms. The Kier molecular flexibility index (Phi) is 3.49. The molecule has 0 aromatic heterocycles. The summed E-state index contributed by atoms with van der Waals surface area (Å²) in [6.45, 7) is 0.615. The standard InChI is InChI=1S/C14H15BrFN3O2/c1-19-12(20)9-4-5-21-7-14(9,18-13(19)17)10-6-8(15)2-3-11(10)16/h2-3,6,9H,4-5,7H2,1H3,(H2,17,18)/t9?,14-/m0/s1. The molecule has 0 bridgehead atoms. The zero-order valence-electron chi connectivity index (χ0n) is 11.5. The van der Waals surface area contributed by atoms with Crippen LogP contribution in [0.3, 0.4) is 0 Å². The summed E-state index contributed by atoms with van der Waals surface area (Å²) in [6, 6.07) is 4.61. The lowest BCUT2D eigenvalue weighted by molar-refractivity contribution is -0.143. The van der Waals surface area contributed by atoms with Gasteiger partial charge in [0, 0.05) is 23.7 Å². The number of rotatable bonds is 1. The number of guanidine groups is 1. The Balaban J connectivity index is 2.16. The van der Waals surface area contributed by atoms with Crippen molar-refractivity contribution in [3.8, 4) is 0 Å². The summed E-state index contributed by atoms with van der Waals surface area (Å²) in [5.41, 5.74) is -0.667. The fourth-order valence-electron chi connectivity index (χ4n) is 3.05. The highest BCUT2D eigenvalue weighted by atomic mass is 79.9. The summed E-state index contributed by atoms with van der Waals surface area (Å²) in [5, 5.41) is 10.9. The molecule has 112 valence electrons. The zero-order valence-corrected chi connectivity index (χ0v) is 13.0. The second-order valence-corrected chi connectivity index (χ2v) is 6.28. The van der Waals surface area contributed by atoms with Crippen molar-refractivity contribution in [2.45, 2.75) is 12.0 Å². The molecule has 5 nitrogen and oxygen atoms in total. The van der Waals surface area contributed by atoms with Crippen molar-refractivity contribution >= 4 is 27.8 Å². The first-order valence-corrected chi connectivity index (χ1v) is 7.42. The summed E-state index contributed by atoms with van der Waals surface area (Å²) in [6.07, 6.45) is 0.495. The summed E-state index contributed by atoms with van der Waals surface area (Å²) < 4.78 is 20.6. The third-order valence-electron chi connectivity index (χ3n) is 4.19. The lowest BCUT2D eigenvalue weighted by Crippen LogP contribution is -2.68. The van der Waals surface area contributed by atoms with Gasteiger partial charge in [0.2, 0.25) is 5.91 Å². The monoisotopic (exact) mass is 355 g/mol. The summed E-state index contributed by atoms with van der Waals surface area (Å²) >= 11 is 3.33. The number of benzene rings is 1. The van der Waals surface area contributed by atoms with E-state index in [-0.39, 0.29) is 18.5 Å². The van der Waals surface area contributed by atoms with Crippen molar-refractivity contribution in [1.29, 1.82) is 5.41 Å². The first-order chi connectivity index (χ1) is 9.95. The molecule has 0 aliphatic carbocycles. The minimum Gasteiger partial charge on any atom is -0.379 e. The first-order valence-electron chi connectivity index (χ1n) is 6.63. The van der Waals surface area contributed by atoms with Crippen molar-refractivity contribution in [1.82, 2.24) is 10.2 Å². The van der Waals surface area contributed by atoms with Crippen LogP contribution in [-0.4, -0.2) is 37.0 Å². The van der Waals surface area contributed by atoms with E-state index in [4.69, 9.17) is 10.1 Å². The molecule has 3 rings (SSSR count). The highest BCUT2D eigenvalue weighted by molar-refractivity contribution is 9.10. The highest BCUT2D eigenvalue weighted by Crippen LogP contribution is 2.41. The van der Waals surface area contributed by atoms with Gasteiger partial charge in [-0.15, -0.1) is 0 Å². The van der Waals surface area contributed by atoms with E-state index in [0.29, 0.717) is 18.6 Å². The number of nitrogens with zero attached hydrogens (tertiary/aromatic N) is 1. The number of carbonyl (C=O) groups is 1. The van der Waals surface area contributed by atoms with Crippen LogP contribution in [0.2, 0.25) is 0 Å². The van der Waals surface area contributed by atoms with Gasteiger partial charge < -0.3 is 10.1 Å². The fourth-order valence-corrected chi connectivity index (χ4v) is 3.41. The Bertz CT molecular complexity index is 624. The molecule has 2 heterocycles. The lowest BCUT2D eigenvalue weighted by Gasteiger charge is -2.49. The molecule has 1 unspecified atom stereocenters. The molecular formula is C14H15BrFN3O2. The Morgan fingerprint density at radius 2 is 2.33 bits per heavy atom. The molecule has 2 saturated heterocycles. The number of ether oxygens (including phenoxy) is 1. The summed E-state index contributed by atoms with van der Waals surface area (Å²) in [4.78, 5) is 13.8. The van der Waals surface area contributed by atoms with Crippen LogP contribution in [0, 0.1) is 17.1 Å². The van der Waals surface area contributed by atoms with Gasteiger partial charge >= 0.3 is 0 Å². The van der Waals surface area contributed by atoms with Crippen LogP contribution < -0.4 is 5.32 Å². The molecule has 2 aliphatic rings. The van der Waals surface area contributed by atoms with Gasteiger partial charge in [-0.1, -0.05) is 15.9 Å². The van der Waals surface area contributed by atoms with E-state index < -0.39 is 17.3 Å². The average molecular weight is 356 g/mol. The van der Waals surface area contributed by atoms with Crippen molar-refractivity contribution < 1.29 is 13.9 Å². The minimum absolute atomic E-state index is 0.0406. The number of halogens is 2. The van der Waals surface area contributed by atoms with Gasteiger partial charge in [-0.3, -0.25) is 15.1 Å². The third kappa shape index (κ3) is 2.15. The van der Waals surface area contributed by atoms with Crippen molar-refractivity contribution in [3.05, 3.63) is 34.1 Å². The number of hydrogen-bond donors (Lipinski definition) is 2. The van der Waals surface area contributed by atoms with Crippen molar-refractivity contribution in [2.75, 3.05) is 20.3 Å². The van der Waals surface area contributed by atoms with E-state index in [0.717, 1.165) is 4.47 Å². The second-order valence-electron chi connectivity index (χ2n) is 5.36. The van der Waals surface area contributed by atoms with Crippen LogP contribution >= 0.6 is 15.9 Å². The van der Waals surface area contributed by atoms with E-state index in [1.165, 1.54) is 11.0 Å². The van der Waals surface area contributed by atoms with E-state index in [2.05, 4.69) is 21.2 Å².